The van der Waals surface area contributed by atoms with Gasteiger partial charge in [0.2, 0.25) is 0 Å². The van der Waals surface area contributed by atoms with E-state index in [4.69, 9.17) is 0 Å². The van der Waals surface area contributed by atoms with Crippen LogP contribution in [0.25, 0.3) is 5.57 Å². The first-order chi connectivity index (χ1) is 5.99. The molecule has 0 nitrogen and oxygen atoms in total. The van der Waals surface area contributed by atoms with Gasteiger partial charge in [0.25, 0.3) is 0 Å². The first-order valence-electron chi connectivity index (χ1n) is 3.94. The summed E-state index contributed by atoms with van der Waals surface area (Å²) in [5.41, 5.74) is 0.870. The molecule has 0 amide bonds. The van der Waals surface area contributed by atoms with Crippen molar-refractivity contribution in [2.75, 3.05) is 0 Å². The minimum Gasteiger partial charge on any atom is -0.445 e. The summed E-state index contributed by atoms with van der Waals surface area (Å²) in [5, 5.41) is 0. The molecule has 14 heavy (non-hydrogen) atoms. The molecule has 0 saturated heterocycles. The number of rotatable bonds is 2. The van der Waals surface area contributed by atoms with E-state index in [0.717, 1.165) is 0 Å². The summed E-state index contributed by atoms with van der Waals surface area (Å²) in [5.74, 6) is 0.370. The topological polar surface area (TPSA) is 0 Å². The summed E-state index contributed by atoms with van der Waals surface area (Å²) in [6.45, 7) is -3.37. The monoisotopic (exact) mass is 224 g/mol. The maximum Gasteiger partial charge on any atom is 1.00 e. The molecule has 0 bridgehead atoms. The van der Waals surface area contributed by atoms with Crippen molar-refractivity contribution >= 4 is 12.6 Å². The standard InChI is InChI=1S/C9H9BF3.K/c1-8(7-10(11,12)13)9-5-3-2-4-6-9;/h2-7H,1H3;/q-1;+1/b8-7-;. The Labute approximate surface area is 124 Å². The van der Waals surface area contributed by atoms with Gasteiger partial charge in [0.05, 0.1) is 0 Å². The van der Waals surface area contributed by atoms with Crippen molar-refractivity contribution in [1.29, 1.82) is 0 Å². The Morgan fingerprint density at radius 2 is 1.64 bits per heavy atom. The molecule has 1 aromatic rings. The fraction of sp³-hybridized carbons (Fsp3) is 0.111. The molecule has 0 saturated carbocycles. The van der Waals surface area contributed by atoms with Crippen molar-refractivity contribution in [2.24, 2.45) is 0 Å². The zero-order valence-electron chi connectivity index (χ0n) is 8.18. The van der Waals surface area contributed by atoms with E-state index < -0.39 is 6.98 Å². The zero-order valence-corrected chi connectivity index (χ0v) is 11.3. The van der Waals surface area contributed by atoms with Crippen LogP contribution in [0, 0.1) is 0 Å². The van der Waals surface area contributed by atoms with Gasteiger partial charge in [-0.05, 0) is 12.5 Å². The molecule has 5 heteroatoms. The van der Waals surface area contributed by atoms with Crippen molar-refractivity contribution in [3.8, 4) is 0 Å². The van der Waals surface area contributed by atoms with E-state index in [1.165, 1.54) is 6.92 Å². The van der Waals surface area contributed by atoms with Crippen LogP contribution in [0.4, 0.5) is 12.9 Å². The van der Waals surface area contributed by atoms with Crippen LogP contribution in [0.2, 0.25) is 0 Å². The van der Waals surface area contributed by atoms with E-state index in [1.54, 1.807) is 30.3 Å². The largest absolute Gasteiger partial charge is 1.00 e. The SMILES string of the molecule is C/C(=C/[B-](F)(F)F)c1ccccc1.[K+]. The number of hydrogen-bond donors (Lipinski definition) is 0. The van der Waals surface area contributed by atoms with Crippen LogP contribution in [0.3, 0.4) is 0 Å². The molecule has 0 aliphatic carbocycles. The van der Waals surface area contributed by atoms with Crippen molar-refractivity contribution in [1.82, 2.24) is 0 Å². The zero-order chi connectivity index (χ0) is 9.90. The van der Waals surface area contributed by atoms with E-state index in [9.17, 15) is 12.9 Å². The Hall–Kier alpha value is 0.451. The molecule has 0 atom stereocenters. The fourth-order valence-corrected chi connectivity index (χ4v) is 1.08. The maximum atomic E-state index is 12.0. The number of allylic oxidation sites excluding steroid dienone is 1. The van der Waals surface area contributed by atoms with Gasteiger partial charge in [-0.1, -0.05) is 35.9 Å². The number of benzene rings is 1. The van der Waals surface area contributed by atoms with Crippen molar-refractivity contribution in [3.05, 3.63) is 41.9 Å². The van der Waals surface area contributed by atoms with E-state index in [-0.39, 0.29) is 57.0 Å². The summed E-state index contributed by atoms with van der Waals surface area (Å²) in [4.78, 5) is 0. The van der Waals surface area contributed by atoms with Gasteiger partial charge in [0, 0.05) is 0 Å². The Morgan fingerprint density at radius 1 is 1.14 bits per heavy atom. The van der Waals surface area contributed by atoms with Gasteiger partial charge in [0.1, 0.15) is 0 Å². The quantitative estimate of drug-likeness (QED) is 0.641. The van der Waals surface area contributed by atoms with Crippen LogP contribution in [0.5, 0.6) is 0 Å². The summed E-state index contributed by atoms with van der Waals surface area (Å²) in [7, 11) is 0. The van der Waals surface area contributed by atoms with Crippen LogP contribution in [0.15, 0.2) is 36.3 Å². The van der Waals surface area contributed by atoms with Crippen LogP contribution < -0.4 is 51.4 Å². The molecule has 0 heterocycles. The van der Waals surface area contributed by atoms with Crippen LogP contribution >= 0.6 is 0 Å². The molecule has 70 valence electrons. The molecule has 0 radical (unpaired) electrons. The van der Waals surface area contributed by atoms with Crippen LogP contribution in [0.1, 0.15) is 12.5 Å². The van der Waals surface area contributed by atoms with Crippen molar-refractivity contribution in [2.45, 2.75) is 6.92 Å². The fourth-order valence-electron chi connectivity index (χ4n) is 1.08. The Morgan fingerprint density at radius 3 is 2.07 bits per heavy atom. The third-order valence-electron chi connectivity index (χ3n) is 1.67. The minimum atomic E-state index is -4.83. The molecule has 0 unspecified atom stereocenters. The predicted molar refractivity (Wildman–Crippen MR) is 49.2 cm³/mol. The third-order valence-corrected chi connectivity index (χ3v) is 1.67. The van der Waals surface area contributed by atoms with Gasteiger partial charge in [-0.15, -0.1) is 5.98 Å². The molecule has 0 aliphatic heterocycles. The Balaban J connectivity index is 0.00000169. The smallest absolute Gasteiger partial charge is 0.445 e. The maximum absolute atomic E-state index is 12.0. The second kappa shape index (κ2) is 6.13. The molecule has 1 aromatic carbocycles. The van der Waals surface area contributed by atoms with Gasteiger partial charge in [0.15, 0.2) is 0 Å². The average Bonchev–Trinajstić information content (AvgIpc) is 2.03. The molecule has 0 spiro atoms. The summed E-state index contributed by atoms with van der Waals surface area (Å²) >= 11 is 0. The van der Waals surface area contributed by atoms with Gasteiger partial charge < -0.3 is 12.9 Å². The summed E-state index contributed by atoms with van der Waals surface area (Å²) in [6, 6.07) is 8.53. The Bertz CT molecular complexity index is 306. The number of hydrogen-bond acceptors (Lipinski definition) is 0. The summed E-state index contributed by atoms with van der Waals surface area (Å²) in [6.07, 6.45) is 0. The molecule has 1 rings (SSSR count). The van der Waals surface area contributed by atoms with Gasteiger partial charge >= 0.3 is 58.4 Å². The van der Waals surface area contributed by atoms with Crippen molar-refractivity contribution in [3.63, 3.8) is 0 Å². The second-order valence-electron chi connectivity index (χ2n) is 2.84. The van der Waals surface area contributed by atoms with E-state index in [2.05, 4.69) is 0 Å². The second-order valence-corrected chi connectivity index (χ2v) is 2.84. The minimum absolute atomic E-state index is 0. The Kier molecular flexibility index (Phi) is 6.32. The molecular formula is C9H9BF3K. The summed E-state index contributed by atoms with van der Waals surface area (Å²) < 4.78 is 35.9. The van der Waals surface area contributed by atoms with Gasteiger partial charge in [-0.2, -0.15) is 0 Å². The van der Waals surface area contributed by atoms with E-state index in [1.807, 2.05) is 0 Å². The predicted octanol–water partition coefficient (Wildman–Crippen LogP) is 0.481. The van der Waals surface area contributed by atoms with Crippen LogP contribution in [-0.2, 0) is 0 Å². The number of halogens is 3. The normalized spacial score (nSPS) is 12.1. The van der Waals surface area contributed by atoms with E-state index >= 15 is 0 Å². The molecule has 0 aliphatic rings. The first kappa shape index (κ1) is 14.5. The molecular weight excluding hydrogens is 215 g/mol. The molecule has 0 fully saturated rings. The average molecular weight is 224 g/mol. The molecule has 0 aromatic heterocycles. The van der Waals surface area contributed by atoms with Gasteiger partial charge in [-0.3, -0.25) is 0 Å². The molecule has 0 N–H and O–H groups in total. The third kappa shape index (κ3) is 5.36. The van der Waals surface area contributed by atoms with Crippen LogP contribution in [-0.4, -0.2) is 6.98 Å². The first-order valence-corrected chi connectivity index (χ1v) is 3.94. The van der Waals surface area contributed by atoms with E-state index in [0.29, 0.717) is 11.5 Å². The van der Waals surface area contributed by atoms with Crippen molar-refractivity contribution < 1.29 is 64.3 Å². The van der Waals surface area contributed by atoms with Gasteiger partial charge in [-0.25, -0.2) is 0 Å².